The van der Waals surface area contributed by atoms with Gasteiger partial charge < -0.3 is 5.11 Å². The molecule has 0 bridgehead atoms. The van der Waals surface area contributed by atoms with Crippen LogP contribution >= 0.6 is 12.6 Å². The number of benzene rings is 1. The zero-order chi connectivity index (χ0) is 8.43. The van der Waals surface area contributed by atoms with Crippen LogP contribution in [0.3, 0.4) is 0 Å². The predicted octanol–water partition coefficient (Wildman–Crippen LogP) is 1.88. The van der Waals surface area contributed by atoms with E-state index in [2.05, 4.69) is 12.6 Å². The van der Waals surface area contributed by atoms with Gasteiger partial charge in [-0.2, -0.15) is 0 Å². The van der Waals surface area contributed by atoms with Crippen molar-refractivity contribution in [3.63, 3.8) is 0 Å². The second kappa shape index (κ2) is 2.96. The molecule has 0 radical (unpaired) electrons. The monoisotopic (exact) mass is 168 g/mol. The molecule has 0 unspecified atom stereocenters. The average Bonchev–Trinajstić information content (AvgIpc) is 1.85. The molecular formula is C8H8O2S. The number of rotatable bonds is 1. The van der Waals surface area contributed by atoms with Gasteiger partial charge in [-0.1, -0.05) is 0 Å². The number of carbonyl (C=O) groups is 1. The lowest BCUT2D eigenvalue weighted by atomic mass is 10.1. The van der Waals surface area contributed by atoms with E-state index in [1.165, 1.54) is 13.0 Å². The van der Waals surface area contributed by atoms with E-state index in [-0.39, 0.29) is 11.5 Å². The summed E-state index contributed by atoms with van der Waals surface area (Å²) in [5, 5.41) is 9.19. The third kappa shape index (κ3) is 1.74. The zero-order valence-corrected chi connectivity index (χ0v) is 6.93. The first-order chi connectivity index (χ1) is 5.11. The van der Waals surface area contributed by atoms with Gasteiger partial charge in [0.1, 0.15) is 5.75 Å². The smallest absolute Gasteiger partial charge is 0.163 e. The van der Waals surface area contributed by atoms with Crippen molar-refractivity contribution >= 4 is 18.4 Å². The Morgan fingerprint density at radius 3 is 2.64 bits per heavy atom. The number of carbonyl (C=O) groups excluding carboxylic acids is 1. The van der Waals surface area contributed by atoms with Crippen LogP contribution in [0.25, 0.3) is 0 Å². The SMILES string of the molecule is CC(=O)c1ccc(S)cc1O. The molecule has 2 nitrogen and oxygen atoms in total. The van der Waals surface area contributed by atoms with Gasteiger partial charge in [0.2, 0.25) is 0 Å². The van der Waals surface area contributed by atoms with Crippen molar-refractivity contribution in [1.82, 2.24) is 0 Å². The third-order valence-electron chi connectivity index (χ3n) is 1.36. The van der Waals surface area contributed by atoms with Gasteiger partial charge in [-0.25, -0.2) is 0 Å². The fourth-order valence-corrected chi connectivity index (χ4v) is 1.01. The Kier molecular flexibility index (Phi) is 2.19. The molecule has 0 spiro atoms. The normalized spacial score (nSPS) is 9.64. The summed E-state index contributed by atoms with van der Waals surface area (Å²) in [7, 11) is 0. The Hall–Kier alpha value is -0.960. The van der Waals surface area contributed by atoms with Gasteiger partial charge in [0.05, 0.1) is 5.56 Å². The topological polar surface area (TPSA) is 37.3 Å². The average molecular weight is 168 g/mol. The van der Waals surface area contributed by atoms with E-state index in [1.807, 2.05) is 0 Å². The number of phenolic OH excluding ortho intramolecular Hbond substituents is 1. The van der Waals surface area contributed by atoms with Crippen molar-refractivity contribution in [3.8, 4) is 5.75 Å². The fourth-order valence-electron chi connectivity index (χ4n) is 0.818. The number of ketones is 1. The highest BCUT2D eigenvalue weighted by Crippen LogP contribution is 2.20. The molecule has 3 heteroatoms. The molecule has 0 fully saturated rings. The lowest BCUT2D eigenvalue weighted by molar-refractivity contribution is 0.101. The standard InChI is InChI=1S/C8H8O2S/c1-5(9)7-3-2-6(11)4-8(7)10/h2-4,10-11H,1H3. The summed E-state index contributed by atoms with van der Waals surface area (Å²) in [6.45, 7) is 1.41. The van der Waals surface area contributed by atoms with Gasteiger partial charge >= 0.3 is 0 Å². The highest BCUT2D eigenvalue weighted by Gasteiger charge is 2.04. The van der Waals surface area contributed by atoms with Crippen molar-refractivity contribution in [3.05, 3.63) is 23.8 Å². The van der Waals surface area contributed by atoms with E-state index in [9.17, 15) is 9.90 Å². The largest absolute Gasteiger partial charge is 0.507 e. The van der Waals surface area contributed by atoms with Crippen LogP contribution in [0.1, 0.15) is 17.3 Å². The molecule has 1 N–H and O–H groups in total. The number of aromatic hydroxyl groups is 1. The van der Waals surface area contributed by atoms with Gasteiger partial charge in [0.15, 0.2) is 5.78 Å². The van der Waals surface area contributed by atoms with Crippen LogP contribution in [0, 0.1) is 0 Å². The van der Waals surface area contributed by atoms with E-state index in [1.54, 1.807) is 12.1 Å². The minimum Gasteiger partial charge on any atom is -0.507 e. The summed E-state index contributed by atoms with van der Waals surface area (Å²) in [4.78, 5) is 11.4. The Labute approximate surface area is 70.3 Å². The maximum atomic E-state index is 10.8. The van der Waals surface area contributed by atoms with Crippen LogP contribution < -0.4 is 0 Å². The summed E-state index contributed by atoms with van der Waals surface area (Å²) < 4.78 is 0. The molecular weight excluding hydrogens is 160 g/mol. The lowest BCUT2D eigenvalue weighted by Gasteiger charge is -1.99. The van der Waals surface area contributed by atoms with Crippen molar-refractivity contribution < 1.29 is 9.90 Å². The Morgan fingerprint density at radius 1 is 1.55 bits per heavy atom. The molecule has 0 atom stereocenters. The number of thiol groups is 1. The van der Waals surface area contributed by atoms with Crippen molar-refractivity contribution in [2.24, 2.45) is 0 Å². The van der Waals surface area contributed by atoms with Crippen molar-refractivity contribution in [2.45, 2.75) is 11.8 Å². The van der Waals surface area contributed by atoms with E-state index >= 15 is 0 Å². The lowest BCUT2D eigenvalue weighted by Crippen LogP contribution is -1.91. The second-order valence-corrected chi connectivity index (χ2v) is 2.77. The van der Waals surface area contributed by atoms with Crippen molar-refractivity contribution in [1.29, 1.82) is 0 Å². The van der Waals surface area contributed by atoms with Gasteiger partial charge in [0.25, 0.3) is 0 Å². The van der Waals surface area contributed by atoms with Crippen LogP contribution in [0.4, 0.5) is 0 Å². The molecule has 0 saturated heterocycles. The summed E-state index contributed by atoms with van der Waals surface area (Å²) >= 11 is 4.00. The molecule has 0 saturated carbocycles. The molecule has 1 aromatic rings. The highest BCUT2D eigenvalue weighted by atomic mass is 32.1. The van der Waals surface area contributed by atoms with Crippen LogP contribution in [-0.4, -0.2) is 10.9 Å². The number of phenols is 1. The summed E-state index contributed by atoms with van der Waals surface area (Å²) in [6.07, 6.45) is 0. The van der Waals surface area contributed by atoms with Gasteiger partial charge in [-0.15, -0.1) is 12.6 Å². The Balaban J connectivity index is 3.20. The molecule has 1 rings (SSSR count). The van der Waals surface area contributed by atoms with Crippen LogP contribution in [0.5, 0.6) is 5.75 Å². The predicted molar refractivity (Wildman–Crippen MR) is 45.4 cm³/mol. The summed E-state index contributed by atoms with van der Waals surface area (Å²) in [6, 6.07) is 4.67. The highest BCUT2D eigenvalue weighted by molar-refractivity contribution is 7.80. The van der Waals surface area contributed by atoms with E-state index in [0.29, 0.717) is 10.5 Å². The first-order valence-electron chi connectivity index (χ1n) is 3.14. The van der Waals surface area contributed by atoms with E-state index in [0.717, 1.165) is 0 Å². The molecule has 0 aromatic heterocycles. The molecule has 0 aliphatic rings. The third-order valence-corrected chi connectivity index (χ3v) is 1.64. The Morgan fingerprint density at radius 2 is 2.18 bits per heavy atom. The van der Waals surface area contributed by atoms with Crippen LogP contribution in [0.15, 0.2) is 23.1 Å². The fraction of sp³-hybridized carbons (Fsp3) is 0.125. The van der Waals surface area contributed by atoms with Crippen molar-refractivity contribution in [2.75, 3.05) is 0 Å². The van der Waals surface area contributed by atoms with Gasteiger partial charge in [-0.05, 0) is 25.1 Å². The quantitative estimate of drug-likeness (QED) is 0.496. The molecule has 1 aromatic carbocycles. The molecule has 58 valence electrons. The van der Waals surface area contributed by atoms with E-state index < -0.39 is 0 Å². The first kappa shape index (κ1) is 8.14. The number of Topliss-reactive ketones (excluding diaryl/α,β-unsaturated/α-hetero) is 1. The maximum Gasteiger partial charge on any atom is 0.163 e. The summed E-state index contributed by atoms with van der Waals surface area (Å²) in [5.41, 5.74) is 0.336. The molecule has 0 aliphatic carbocycles. The minimum atomic E-state index is -0.143. The number of hydrogen-bond donors (Lipinski definition) is 2. The van der Waals surface area contributed by atoms with E-state index in [4.69, 9.17) is 0 Å². The van der Waals surface area contributed by atoms with Gasteiger partial charge in [0, 0.05) is 4.90 Å². The molecule has 0 amide bonds. The zero-order valence-electron chi connectivity index (χ0n) is 6.03. The molecule has 0 aliphatic heterocycles. The van der Waals surface area contributed by atoms with Crippen LogP contribution in [0.2, 0.25) is 0 Å². The Bertz CT molecular complexity index is 294. The van der Waals surface area contributed by atoms with Crippen LogP contribution in [-0.2, 0) is 0 Å². The number of hydrogen-bond acceptors (Lipinski definition) is 3. The van der Waals surface area contributed by atoms with Gasteiger partial charge in [-0.3, -0.25) is 4.79 Å². The molecule has 11 heavy (non-hydrogen) atoms. The minimum absolute atomic E-state index is 0.00926. The molecule has 0 heterocycles. The summed E-state index contributed by atoms with van der Waals surface area (Å²) in [5.74, 6) is -0.152. The second-order valence-electron chi connectivity index (χ2n) is 2.26. The first-order valence-corrected chi connectivity index (χ1v) is 3.59. The maximum absolute atomic E-state index is 10.8.